The number of carbonyl (C=O) groups is 2. The molecule has 140 valence electrons. The third kappa shape index (κ3) is 4.01. The zero-order valence-corrected chi connectivity index (χ0v) is 16.4. The summed E-state index contributed by atoms with van der Waals surface area (Å²) < 4.78 is 19.7. The third-order valence-corrected chi connectivity index (χ3v) is 5.37. The van der Waals surface area contributed by atoms with E-state index in [-0.39, 0.29) is 10.7 Å². The highest BCUT2D eigenvalue weighted by Crippen LogP contribution is 2.28. The quantitative estimate of drug-likeness (QED) is 0.632. The van der Waals surface area contributed by atoms with E-state index in [0.29, 0.717) is 10.1 Å². The number of nitrogens with one attached hydrogen (secondary N) is 1. The monoisotopic (exact) mass is 385 g/mol. The molecule has 0 saturated heterocycles. The summed E-state index contributed by atoms with van der Waals surface area (Å²) in [4.78, 5) is 25.1. The molecule has 1 amide bonds. The number of benzene rings is 2. The van der Waals surface area contributed by atoms with Gasteiger partial charge in [-0.3, -0.25) is 4.79 Å². The van der Waals surface area contributed by atoms with Gasteiger partial charge in [-0.15, -0.1) is 11.3 Å². The Bertz CT molecular complexity index is 1020. The van der Waals surface area contributed by atoms with E-state index >= 15 is 0 Å². The largest absolute Gasteiger partial charge is 0.448 e. The number of rotatable bonds is 4. The molecule has 1 atom stereocenters. The van der Waals surface area contributed by atoms with Crippen LogP contribution in [0, 0.1) is 26.6 Å². The standard InChI is InChI=1S/C21H20FNO3S/c1-11-8-12(2)19(13(3)9-11)23-20(24)14(4)26-21(25)18-10-15-16(22)6-5-7-17(15)27-18/h5-10,14H,1-4H3,(H,23,24). The minimum Gasteiger partial charge on any atom is -0.448 e. The fourth-order valence-corrected chi connectivity index (χ4v) is 3.96. The number of anilines is 1. The predicted molar refractivity (Wildman–Crippen MR) is 106 cm³/mol. The van der Waals surface area contributed by atoms with Gasteiger partial charge in [0.1, 0.15) is 10.7 Å². The van der Waals surface area contributed by atoms with Crippen LogP contribution in [0.2, 0.25) is 0 Å². The van der Waals surface area contributed by atoms with Crippen molar-refractivity contribution in [3.05, 3.63) is 63.8 Å². The highest BCUT2D eigenvalue weighted by molar-refractivity contribution is 7.20. The summed E-state index contributed by atoms with van der Waals surface area (Å²) in [6.45, 7) is 7.33. The molecule has 0 fully saturated rings. The van der Waals surface area contributed by atoms with Crippen LogP contribution in [0.3, 0.4) is 0 Å². The lowest BCUT2D eigenvalue weighted by molar-refractivity contribution is -0.123. The van der Waals surface area contributed by atoms with Crippen LogP contribution in [0.25, 0.3) is 10.1 Å². The van der Waals surface area contributed by atoms with Gasteiger partial charge in [-0.2, -0.15) is 0 Å². The minimum atomic E-state index is -0.979. The summed E-state index contributed by atoms with van der Waals surface area (Å²) >= 11 is 1.14. The van der Waals surface area contributed by atoms with Gasteiger partial charge in [0.2, 0.25) is 0 Å². The molecule has 3 rings (SSSR count). The van der Waals surface area contributed by atoms with Gasteiger partial charge in [-0.05, 0) is 57.0 Å². The first-order valence-electron chi connectivity index (χ1n) is 8.54. The van der Waals surface area contributed by atoms with Crippen molar-refractivity contribution in [3.63, 3.8) is 0 Å². The van der Waals surface area contributed by atoms with Crippen molar-refractivity contribution in [2.75, 3.05) is 5.32 Å². The molecule has 0 bridgehead atoms. The number of fused-ring (bicyclic) bond motifs is 1. The second-order valence-corrected chi connectivity index (χ2v) is 7.66. The van der Waals surface area contributed by atoms with Gasteiger partial charge in [0.15, 0.2) is 6.10 Å². The predicted octanol–water partition coefficient (Wildman–Crippen LogP) is 5.15. The lowest BCUT2D eigenvalue weighted by atomic mass is 10.0. The summed E-state index contributed by atoms with van der Waals surface area (Å²) in [7, 11) is 0. The van der Waals surface area contributed by atoms with Gasteiger partial charge in [0, 0.05) is 15.8 Å². The molecule has 0 spiro atoms. The smallest absolute Gasteiger partial charge is 0.349 e. The lowest BCUT2D eigenvalue weighted by Crippen LogP contribution is -2.30. The van der Waals surface area contributed by atoms with Crippen LogP contribution in [0.5, 0.6) is 0 Å². The first-order valence-corrected chi connectivity index (χ1v) is 9.35. The molecule has 1 aromatic heterocycles. The van der Waals surface area contributed by atoms with E-state index < -0.39 is 18.0 Å². The Labute approximate surface area is 161 Å². The van der Waals surface area contributed by atoms with Crippen LogP contribution in [0.15, 0.2) is 36.4 Å². The number of carbonyl (C=O) groups excluding carboxylic acids is 2. The Morgan fingerprint density at radius 3 is 2.41 bits per heavy atom. The molecular formula is C21H20FNO3S. The van der Waals surface area contributed by atoms with Crippen molar-refractivity contribution < 1.29 is 18.7 Å². The molecule has 4 nitrogen and oxygen atoms in total. The van der Waals surface area contributed by atoms with E-state index in [0.717, 1.165) is 33.7 Å². The SMILES string of the molecule is Cc1cc(C)c(NC(=O)C(C)OC(=O)c2cc3c(F)cccc3s2)c(C)c1. The number of amides is 1. The summed E-state index contributed by atoms with van der Waals surface area (Å²) in [5.41, 5.74) is 3.72. The van der Waals surface area contributed by atoms with Crippen molar-refractivity contribution in [2.45, 2.75) is 33.8 Å². The Kier molecular flexibility index (Phi) is 5.28. The average molecular weight is 385 g/mol. The van der Waals surface area contributed by atoms with Gasteiger partial charge in [0.05, 0.1) is 0 Å². The molecular weight excluding hydrogens is 365 g/mol. The van der Waals surface area contributed by atoms with Crippen LogP contribution in [0.1, 0.15) is 33.3 Å². The average Bonchev–Trinajstić information content (AvgIpc) is 3.03. The molecule has 0 aliphatic carbocycles. The van der Waals surface area contributed by atoms with E-state index in [9.17, 15) is 14.0 Å². The number of aryl methyl sites for hydroxylation is 3. The Hall–Kier alpha value is -2.73. The van der Waals surface area contributed by atoms with Crippen molar-refractivity contribution in [1.82, 2.24) is 0 Å². The zero-order chi connectivity index (χ0) is 19.7. The van der Waals surface area contributed by atoms with Crippen LogP contribution < -0.4 is 5.32 Å². The fourth-order valence-electron chi connectivity index (χ4n) is 3.00. The topological polar surface area (TPSA) is 55.4 Å². The molecule has 0 radical (unpaired) electrons. The maximum Gasteiger partial charge on any atom is 0.349 e. The fraction of sp³-hybridized carbons (Fsp3) is 0.238. The number of ether oxygens (including phenoxy) is 1. The molecule has 27 heavy (non-hydrogen) atoms. The molecule has 2 aromatic carbocycles. The molecule has 3 aromatic rings. The number of thiophene rings is 1. The highest BCUT2D eigenvalue weighted by atomic mass is 32.1. The van der Waals surface area contributed by atoms with Crippen molar-refractivity contribution in [3.8, 4) is 0 Å². The molecule has 1 unspecified atom stereocenters. The Morgan fingerprint density at radius 2 is 1.78 bits per heavy atom. The van der Waals surface area contributed by atoms with Gasteiger partial charge in [-0.25, -0.2) is 9.18 Å². The third-order valence-electron chi connectivity index (χ3n) is 4.29. The van der Waals surface area contributed by atoms with E-state index in [1.54, 1.807) is 12.1 Å². The number of esters is 1. The first-order chi connectivity index (χ1) is 12.8. The second kappa shape index (κ2) is 7.48. The summed E-state index contributed by atoms with van der Waals surface area (Å²) in [5.74, 6) is -1.44. The lowest BCUT2D eigenvalue weighted by Gasteiger charge is -2.16. The molecule has 0 aliphatic heterocycles. The van der Waals surface area contributed by atoms with Crippen molar-refractivity contribution >= 4 is 39.0 Å². The van der Waals surface area contributed by atoms with Gasteiger partial charge in [0.25, 0.3) is 5.91 Å². The summed E-state index contributed by atoms with van der Waals surface area (Å²) in [6, 6.07) is 10.1. The van der Waals surface area contributed by atoms with Crippen molar-refractivity contribution in [2.24, 2.45) is 0 Å². The maximum absolute atomic E-state index is 13.8. The van der Waals surface area contributed by atoms with E-state index in [1.807, 2.05) is 32.9 Å². The zero-order valence-electron chi connectivity index (χ0n) is 15.6. The second-order valence-electron chi connectivity index (χ2n) is 6.57. The summed E-state index contributed by atoms with van der Waals surface area (Å²) in [5, 5.41) is 3.20. The highest BCUT2D eigenvalue weighted by Gasteiger charge is 2.22. The number of halogens is 1. The summed E-state index contributed by atoms with van der Waals surface area (Å²) in [6.07, 6.45) is -0.979. The minimum absolute atomic E-state index is 0.262. The van der Waals surface area contributed by atoms with Crippen LogP contribution in [0.4, 0.5) is 10.1 Å². The molecule has 6 heteroatoms. The van der Waals surface area contributed by atoms with Gasteiger partial charge >= 0.3 is 5.97 Å². The maximum atomic E-state index is 13.8. The van der Waals surface area contributed by atoms with Crippen molar-refractivity contribution in [1.29, 1.82) is 0 Å². The Morgan fingerprint density at radius 1 is 1.11 bits per heavy atom. The normalized spacial score (nSPS) is 12.0. The van der Waals surface area contributed by atoms with Crippen LogP contribution in [-0.4, -0.2) is 18.0 Å². The van der Waals surface area contributed by atoms with Crippen LogP contribution >= 0.6 is 11.3 Å². The number of hydrogen-bond acceptors (Lipinski definition) is 4. The van der Waals surface area contributed by atoms with E-state index in [1.165, 1.54) is 19.1 Å². The molecule has 1 N–H and O–H groups in total. The molecule has 1 heterocycles. The van der Waals surface area contributed by atoms with E-state index in [4.69, 9.17) is 4.74 Å². The van der Waals surface area contributed by atoms with Gasteiger partial charge < -0.3 is 10.1 Å². The molecule has 0 saturated carbocycles. The Balaban J connectivity index is 1.72. The molecule has 0 aliphatic rings. The van der Waals surface area contributed by atoms with Crippen LogP contribution in [-0.2, 0) is 9.53 Å². The first kappa shape index (κ1) is 19.0. The van der Waals surface area contributed by atoms with Gasteiger partial charge in [-0.1, -0.05) is 23.8 Å². The van der Waals surface area contributed by atoms with E-state index in [2.05, 4.69) is 5.32 Å². The number of hydrogen-bond donors (Lipinski definition) is 1.